The van der Waals surface area contributed by atoms with Crippen LogP contribution in [0.4, 0.5) is 0 Å². The fourth-order valence-electron chi connectivity index (χ4n) is 1.45. The Kier molecular flexibility index (Phi) is 6.74. The third-order valence-electron chi connectivity index (χ3n) is 2.42. The highest BCUT2D eigenvalue weighted by molar-refractivity contribution is 6.17. The van der Waals surface area contributed by atoms with E-state index in [1.54, 1.807) is 12.1 Å². The average molecular weight is 285 g/mol. The molecule has 0 saturated carbocycles. The van der Waals surface area contributed by atoms with Gasteiger partial charge in [-0.2, -0.15) is 0 Å². The van der Waals surface area contributed by atoms with Gasteiger partial charge < -0.3 is 15.7 Å². The summed E-state index contributed by atoms with van der Waals surface area (Å²) in [5, 5.41) is 14.8. The van der Waals surface area contributed by atoms with Crippen LogP contribution in [0.5, 0.6) is 5.75 Å². The number of hydrogen-bond donors (Lipinski definition) is 3. The van der Waals surface area contributed by atoms with Crippen LogP contribution in [0, 0.1) is 0 Å². The summed E-state index contributed by atoms with van der Waals surface area (Å²) in [6.45, 7) is 0.653. The molecule has 0 fully saturated rings. The number of carbonyl (C=O) groups is 2. The first-order valence-corrected chi connectivity index (χ1v) is 6.57. The summed E-state index contributed by atoms with van der Waals surface area (Å²) in [6, 6.07) is 6.29. The lowest BCUT2D eigenvalue weighted by atomic mass is 10.2. The molecule has 1 aromatic rings. The molecule has 0 aromatic heterocycles. The molecule has 1 rings (SSSR count). The molecule has 0 radical (unpaired) electrons. The summed E-state index contributed by atoms with van der Waals surface area (Å²) in [5.41, 5.74) is 0.218. The number of hydrogen-bond acceptors (Lipinski definition) is 3. The van der Waals surface area contributed by atoms with E-state index < -0.39 is 0 Å². The van der Waals surface area contributed by atoms with Crippen molar-refractivity contribution in [2.45, 2.75) is 12.8 Å². The van der Waals surface area contributed by atoms with Gasteiger partial charge in [0.1, 0.15) is 5.75 Å². The van der Waals surface area contributed by atoms with Gasteiger partial charge in [-0.1, -0.05) is 12.1 Å². The maximum atomic E-state index is 11.7. The zero-order valence-electron chi connectivity index (χ0n) is 10.5. The van der Waals surface area contributed by atoms with Gasteiger partial charge in [-0.15, -0.1) is 11.6 Å². The molecule has 104 valence electrons. The molecule has 2 amide bonds. The predicted molar refractivity (Wildman–Crippen MR) is 73.4 cm³/mol. The van der Waals surface area contributed by atoms with Crippen LogP contribution in [0.25, 0.3) is 0 Å². The van der Waals surface area contributed by atoms with E-state index in [0.717, 1.165) is 0 Å². The van der Waals surface area contributed by atoms with Crippen molar-refractivity contribution in [3.05, 3.63) is 29.8 Å². The molecule has 6 heteroatoms. The van der Waals surface area contributed by atoms with E-state index in [2.05, 4.69) is 10.6 Å². The van der Waals surface area contributed by atoms with E-state index in [1.165, 1.54) is 12.1 Å². The molecule has 5 nitrogen and oxygen atoms in total. The number of phenols is 1. The molecular weight excluding hydrogens is 268 g/mol. The molecular formula is C13H17ClN2O3. The number of aromatic hydroxyl groups is 1. The van der Waals surface area contributed by atoms with Gasteiger partial charge in [-0.05, 0) is 18.6 Å². The highest BCUT2D eigenvalue weighted by Crippen LogP contribution is 2.14. The standard InChI is InChI=1S/C13H17ClN2O3/c14-7-3-6-12(18)15-8-9-16-13(19)10-4-1-2-5-11(10)17/h1-2,4-5,17H,3,6-9H2,(H,15,18)(H,16,19). The van der Waals surface area contributed by atoms with E-state index >= 15 is 0 Å². The van der Waals surface area contributed by atoms with Crippen molar-refractivity contribution >= 4 is 23.4 Å². The fourth-order valence-corrected chi connectivity index (χ4v) is 1.59. The summed E-state index contributed by atoms with van der Waals surface area (Å²) < 4.78 is 0. The van der Waals surface area contributed by atoms with Crippen molar-refractivity contribution in [2.24, 2.45) is 0 Å². The number of carbonyl (C=O) groups excluding carboxylic acids is 2. The molecule has 19 heavy (non-hydrogen) atoms. The molecule has 0 heterocycles. The van der Waals surface area contributed by atoms with Crippen molar-refractivity contribution in [1.82, 2.24) is 10.6 Å². The van der Waals surface area contributed by atoms with Crippen LogP contribution in [0.2, 0.25) is 0 Å². The van der Waals surface area contributed by atoms with Gasteiger partial charge >= 0.3 is 0 Å². The maximum absolute atomic E-state index is 11.7. The van der Waals surface area contributed by atoms with Gasteiger partial charge in [0, 0.05) is 25.4 Å². The first-order valence-electron chi connectivity index (χ1n) is 6.04. The van der Waals surface area contributed by atoms with E-state index in [0.29, 0.717) is 31.8 Å². The van der Waals surface area contributed by atoms with E-state index in [1.807, 2.05) is 0 Å². The zero-order chi connectivity index (χ0) is 14.1. The van der Waals surface area contributed by atoms with Crippen molar-refractivity contribution in [2.75, 3.05) is 19.0 Å². The molecule has 0 spiro atoms. The summed E-state index contributed by atoms with van der Waals surface area (Å²) in [7, 11) is 0. The molecule has 0 bridgehead atoms. The minimum Gasteiger partial charge on any atom is -0.507 e. The van der Waals surface area contributed by atoms with Gasteiger partial charge in [0.25, 0.3) is 5.91 Å². The number of halogens is 1. The Morgan fingerprint density at radius 1 is 1.16 bits per heavy atom. The Balaban J connectivity index is 2.25. The lowest BCUT2D eigenvalue weighted by Gasteiger charge is -2.07. The second-order valence-electron chi connectivity index (χ2n) is 3.92. The predicted octanol–water partition coefficient (Wildman–Crippen LogP) is 1.26. The minimum atomic E-state index is -0.367. The van der Waals surface area contributed by atoms with Gasteiger partial charge in [0.05, 0.1) is 5.56 Å². The summed E-state index contributed by atoms with van der Waals surface area (Å²) >= 11 is 5.47. The highest BCUT2D eigenvalue weighted by Gasteiger charge is 2.09. The quantitative estimate of drug-likeness (QED) is 0.521. The van der Waals surface area contributed by atoms with Crippen LogP contribution in [0.3, 0.4) is 0 Å². The number of alkyl halides is 1. The Morgan fingerprint density at radius 3 is 2.53 bits per heavy atom. The van der Waals surface area contributed by atoms with Crippen molar-refractivity contribution in [3.63, 3.8) is 0 Å². The van der Waals surface area contributed by atoms with Crippen LogP contribution >= 0.6 is 11.6 Å². The largest absolute Gasteiger partial charge is 0.507 e. The normalized spacial score (nSPS) is 9.95. The van der Waals surface area contributed by atoms with Crippen LogP contribution in [0.1, 0.15) is 23.2 Å². The number of benzene rings is 1. The van der Waals surface area contributed by atoms with E-state index in [4.69, 9.17) is 11.6 Å². The molecule has 0 aliphatic heterocycles. The smallest absolute Gasteiger partial charge is 0.255 e. The third kappa shape index (κ3) is 5.61. The Bertz CT molecular complexity index is 438. The molecule has 1 aromatic carbocycles. The third-order valence-corrected chi connectivity index (χ3v) is 2.69. The molecule has 0 aliphatic rings. The average Bonchev–Trinajstić information content (AvgIpc) is 2.41. The highest BCUT2D eigenvalue weighted by atomic mass is 35.5. The number of phenolic OH excluding ortho intramolecular Hbond substituents is 1. The number of nitrogens with one attached hydrogen (secondary N) is 2. The van der Waals surface area contributed by atoms with Crippen molar-refractivity contribution in [3.8, 4) is 5.75 Å². The Labute approximate surface area is 117 Å². The lowest BCUT2D eigenvalue weighted by Crippen LogP contribution is -2.34. The molecule has 0 unspecified atom stereocenters. The van der Waals surface area contributed by atoms with Crippen LogP contribution in [-0.4, -0.2) is 35.9 Å². The summed E-state index contributed by atoms with van der Waals surface area (Å²) in [5.74, 6) is -0.0611. The summed E-state index contributed by atoms with van der Waals surface area (Å²) in [4.78, 5) is 22.9. The van der Waals surface area contributed by atoms with Crippen molar-refractivity contribution in [1.29, 1.82) is 0 Å². The zero-order valence-corrected chi connectivity index (χ0v) is 11.2. The Hall–Kier alpha value is -1.75. The topological polar surface area (TPSA) is 78.4 Å². The van der Waals surface area contributed by atoms with Gasteiger partial charge in [-0.25, -0.2) is 0 Å². The van der Waals surface area contributed by atoms with E-state index in [9.17, 15) is 14.7 Å². The maximum Gasteiger partial charge on any atom is 0.255 e. The second kappa shape index (κ2) is 8.37. The van der Waals surface area contributed by atoms with Crippen LogP contribution < -0.4 is 10.6 Å². The molecule has 3 N–H and O–H groups in total. The van der Waals surface area contributed by atoms with Gasteiger partial charge in [-0.3, -0.25) is 9.59 Å². The van der Waals surface area contributed by atoms with Gasteiger partial charge in [0.15, 0.2) is 0 Å². The first kappa shape index (κ1) is 15.3. The SMILES string of the molecule is O=C(CCCCl)NCCNC(=O)c1ccccc1O. The number of rotatable bonds is 7. The Morgan fingerprint density at radius 2 is 1.84 bits per heavy atom. The number of amides is 2. The first-order chi connectivity index (χ1) is 9.15. The molecule has 0 atom stereocenters. The molecule has 0 aliphatic carbocycles. The molecule has 0 saturated heterocycles. The second-order valence-corrected chi connectivity index (χ2v) is 4.29. The van der Waals surface area contributed by atoms with Crippen LogP contribution in [0.15, 0.2) is 24.3 Å². The lowest BCUT2D eigenvalue weighted by molar-refractivity contribution is -0.121. The minimum absolute atomic E-state index is 0.0638. The number of para-hydroxylation sites is 1. The van der Waals surface area contributed by atoms with E-state index in [-0.39, 0.29) is 23.1 Å². The monoisotopic (exact) mass is 284 g/mol. The van der Waals surface area contributed by atoms with Crippen molar-refractivity contribution < 1.29 is 14.7 Å². The van der Waals surface area contributed by atoms with Gasteiger partial charge in [0.2, 0.25) is 5.91 Å². The summed E-state index contributed by atoms with van der Waals surface area (Å²) in [6.07, 6.45) is 1.02. The van der Waals surface area contributed by atoms with Crippen LogP contribution in [-0.2, 0) is 4.79 Å². The fraction of sp³-hybridized carbons (Fsp3) is 0.385.